The first-order valence-electron chi connectivity index (χ1n) is 31.3. The summed E-state index contributed by atoms with van der Waals surface area (Å²) >= 11 is 0. The van der Waals surface area contributed by atoms with Gasteiger partial charge in [-0.05, 0) is 38.5 Å². The van der Waals surface area contributed by atoms with Gasteiger partial charge >= 0.3 is 11.9 Å². The molecule has 0 spiro atoms. The highest BCUT2D eigenvalue weighted by molar-refractivity contribution is 5.70. The molecule has 2 rings (SSSR count). The Morgan fingerprint density at radius 1 is 0.408 bits per heavy atom. The number of rotatable bonds is 51. The van der Waals surface area contributed by atoms with E-state index in [1.165, 1.54) is 193 Å². The Bertz CT molecular complexity index is 1370. The first kappa shape index (κ1) is 70.3. The van der Waals surface area contributed by atoms with Gasteiger partial charge in [-0.1, -0.05) is 231 Å². The molecule has 4 unspecified atom stereocenters. The Hall–Kier alpha value is -1.76. The summed E-state index contributed by atoms with van der Waals surface area (Å²) in [5.41, 5.74) is 0. The van der Waals surface area contributed by atoms with Crippen LogP contribution in [0.5, 0.6) is 0 Å². The third-order valence-electron chi connectivity index (χ3n) is 15.2. The van der Waals surface area contributed by atoms with Crippen LogP contribution in [0.3, 0.4) is 0 Å². The minimum Gasteiger partial charge on any atom is -0.462 e. The molecule has 0 bridgehead atoms. The predicted octanol–water partition coefficient (Wildman–Crippen LogP) is 11.3. The third kappa shape index (κ3) is 34.4. The van der Waals surface area contributed by atoms with Crippen LogP contribution in [-0.4, -0.2) is 142 Å². The molecule has 11 atom stereocenters. The van der Waals surface area contributed by atoms with E-state index in [-0.39, 0.29) is 26.1 Å². The highest BCUT2D eigenvalue weighted by Crippen LogP contribution is 2.27. The van der Waals surface area contributed by atoms with E-state index in [2.05, 4.69) is 26.0 Å². The predicted molar refractivity (Wildman–Crippen MR) is 298 cm³/mol. The van der Waals surface area contributed by atoms with Crippen molar-refractivity contribution in [2.75, 3.05) is 26.4 Å². The minimum atomic E-state index is -1.76. The van der Waals surface area contributed by atoms with Gasteiger partial charge in [-0.15, -0.1) is 0 Å². The number of ether oxygens (including phenoxy) is 6. The van der Waals surface area contributed by atoms with E-state index in [4.69, 9.17) is 28.4 Å². The molecule has 0 aromatic rings. The fraction of sp³-hybridized carbons (Fsp3) is 0.934. The van der Waals surface area contributed by atoms with Gasteiger partial charge in [0.1, 0.15) is 55.4 Å². The zero-order chi connectivity index (χ0) is 55.3. The van der Waals surface area contributed by atoms with Crippen molar-refractivity contribution in [2.45, 2.75) is 338 Å². The van der Waals surface area contributed by atoms with Crippen molar-refractivity contribution >= 4 is 11.9 Å². The molecular formula is C61H114O15. The average molecular weight is 1090 g/mol. The van der Waals surface area contributed by atoms with Crippen molar-refractivity contribution in [2.24, 2.45) is 0 Å². The molecule has 2 saturated heterocycles. The van der Waals surface area contributed by atoms with Gasteiger partial charge < -0.3 is 64.2 Å². The molecule has 2 heterocycles. The summed E-state index contributed by atoms with van der Waals surface area (Å²) in [7, 11) is 0. The monoisotopic (exact) mass is 1090 g/mol. The maximum atomic E-state index is 13.1. The van der Waals surface area contributed by atoms with Crippen LogP contribution in [0, 0.1) is 0 Å². The fourth-order valence-corrected chi connectivity index (χ4v) is 10.2. The van der Waals surface area contributed by atoms with E-state index in [1.807, 2.05) is 0 Å². The largest absolute Gasteiger partial charge is 0.462 e. The molecule has 0 aromatic heterocycles. The average Bonchev–Trinajstić information content (AvgIpc) is 3.42. The molecule has 448 valence electrons. The second-order valence-electron chi connectivity index (χ2n) is 22.2. The number of aliphatic hydroxyl groups excluding tert-OH is 7. The van der Waals surface area contributed by atoms with Crippen LogP contribution in [0.15, 0.2) is 12.2 Å². The molecule has 0 radical (unpaired) electrons. The van der Waals surface area contributed by atoms with Crippen molar-refractivity contribution in [1.29, 1.82) is 0 Å². The number of unbranched alkanes of at least 4 members (excludes halogenated alkanes) is 35. The number of hydrogen-bond acceptors (Lipinski definition) is 15. The quantitative estimate of drug-likeness (QED) is 0.0171. The van der Waals surface area contributed by atoms with Crippen LogP contribution in [-0.2, 0) is 38.0 Å². The Kier molecular flexibility index (Phi) is 44.4. The van der Waals surface area contributed by atoms with Crippen molar-refractivity contribution in [3.8, 4) is 0 Å². The van der Waals surface area contributed by atoms with E-state index in [0.29, 0.717) is 12.8 Å². The Balaban J connectivity index is 1.71. The lowest BCUT2D eigenvalue weighted by molar-refractivity contribution is -0.332. The van der Waals surface area contributed by atoms with Gasteiger partial charge in [0, 0.05) is 12.8 Å². The Labute approximate surface area is 460 Å². The number of carbonyl (C=O) groups is 2. The van der Waals surface area contributed by atoms with Gasteiger partial charge in [0.25, 0.3) is 0 Å². The molecule has 76 heavy (non-hydrogen) atoms. The minimum absolute atomic E-state index is 0.172. The van der Waals surface area contributed by atoms with Crippen LogP contribution < -0.4 is 0 Å². The first-order valence-corrected chi connectivity index (χ1v) is 31.3. The number of carbonyl (C=O) groups excluding carboxylic acids is 2. The Morgan fingerprint density at radius 3 is 1.16 bits per heavy atom. The SMILES string of the molecule is CCCCCCCC/C=C/CCCCCCCCCCCCCC(=O)OC[C@@H](CO[C@@H]1O[C@H](CO[C@@H]2O[C@H](CO)[C@H](O)C(O)C2O)[C@H](O)C(O)C1O)OC(=O)CCCCCCCCCCCCCCCCCCCCC. The normalized spacial score (nSPS) is 24.3. The number of aliphatic hydroxyl groups is 7. The maximum Gasteiger partial charge on any atom is 0.306 e. The van der Waals surface area contributed by atoms with Crippen LogP contribution in [0.2, 0.25) is 0 Å². The summed E-state index contributed by atoms with van der Waals surface area (Å²) < 4.78 is 33.8. The van der Waals surface area contributed by atoms with Crippen molar-refractivity contribution in [3.63, 3.8) is 0 Å². The maximum absolute atomic E-state index is 13.1. The highest BCUT2D eigenvalue weighted by atomic mass is 16.7. The Morgan fingerprint density at radius 2 is 0.750 bits per heavy atom. The molecule has 0 aliphatic carbocycles. The molecule has 15 heteroatoms. The van der Waals surface area contributed by atoms with Gasteiger partial charge in [0.2, 0.25) is 0 Å². The zero-order valence-corrected chi connectivity index (χ0v) is 48.0. The second kappa shape index (κ2) is 48.0. The number of hydrogen-bond donors (Lipinski definition) is 7. The second-order valence-corrected chi connectivity index (χ2v) is 22.2. The third-order valence-corrected chi connectivity index (χ3v) is 15.2. The van der Waals surface area contributed by atoms with Crippen LogP contribution in [0.25, 0.3) is 0 Å². The lowest BCUT2D eigenvalue weighted by Crippen LogP contribution is -2.61. The van der Waals surface area contributed by atoms with Crippen molar-refractivity contribution in [1.82, 2.24) is 0 Å². The van der Waals surface area contributed by atoms with Crippen LogP contribution >= 0.6 is 0 Å². The highest BCUT2D eigenvalue weighted by Gasteiger charge is 2.47. The van der Waals surface area contributed by atoms with Crippen LogP contribution in [0.4, 0.5) is 0 Å². The zero-order valence-electron chi connectivity index (χ0n) is 48.0. The first-order chi connectivity index (χ1) is 37.0. The van der Waals surface area contributed by atoms with Gasteiger partial charge in [0.05, 0.1) is 19.8 Å². The standard InChI is InChI=1S/C61H114O15/c1-3-5-7-9-11-13-15-17-19-21-23-24-26-27-29-31-33-35-37-39-41-43-52(63)71-46-49(74-53(64)44-42-40-38-36-34-32-30-28-25-22-20-18-16-14-12-10-8-6-4-2)47-72-60-59(70)57(68)55(66)51(76-60)48-73-61-58(69)56(67)54(65)50(45-62)75-61/h17,19,49-51,54-62,65-70H,3-16,18,20-48H2,1-2H3/b19-17+/t49-,50+,51+,54-,55-,56?,57?,58?,59?,60+,61+/m0/s1. The summed E-state index contributed by atoms with van der Waals surface area (Å²) in [5.74, 6) is -0.907. The summed E-state index contributed by atoms with van der Waals surface area (Å²) in [4.78, 5) is 26.0. The van der Waals surface area contributed by atoms with E-state index in [1.54, 1.807) is 0 Å². The molecular weight excluding hydrogens is 973 g/mol. The van der Waals surface area contributed by atoms with Gasteiger partial charge in [0.15, 0.2) is 18.7 Å². The molecule has 15 nitrogen and oxygen atoms in total. The van der Waals surface area contributed by atoms with E-state index < -0.39 is 92.7 Å². The summed E-state index contributed by atoms with van der Waals surface area (Å²) in [6.07, 6.45) is 35.1. The molecule has 2 fully saturated rings. The summed E-state index contributed by atoms with van der Waals surface area (Å²) in [6.45, 7) is 2.66. The van der Waals surface area contributed by atoms with E-state index in [0.717, 1.165) is 38.5 Å². The lowest BCUT2D eigenvalue weighted by Gasteiger charge is -2.42. The lowest BCUT2D eigenvalue weighted by atomic mass is 9.98. The van der Waals surface area contributed by atoms with Gasteiger partial charge in [-0.3, -0.25) is 9.59 Å². The van der Waals surface area contributed by atoms with E-state index in [9.17, 15) is 45.3 Å². The van der Waals surface area contributed by atoms with Crippen molar-refractivity contribution < 1.29 is 73.8 Å². The molecule has 7 N–H and O–H groups in total. The van der Waals surface area contributed by atoms with Crippen molar-refractivity contribution in [3.05, 3.63) is 12.2 Å². The topological polar surface area (TPSA) is 231 Å². The summed E-state index contributed by atoms with van der Waals surface area (Å²) in [5, 5.41) is 72.4. The van der Waals surface area contributed by atoms with Gasteiger partial charge in [-0.25, -0.2) is 0 Å². The van der Waals surface area contributed by atoms with E-state index >= 15 is 0 Å². The van der Waals surface area contributed by atoms with Gasteiger partial charge in [-0.2, -0.15) is 0 Å². The molecule has 0 saturated carbocycles. The molecule has 0 amide bonds. The molecule has 2 aliphatic heterocycles. The fourth-order valence-electron chi connectivity index (χ4n) is 10.2. The molecule has 2 aliphatic rings. The summed E-state index contributed by atoms with van der Waals surface area (Å²) in [6, 6.07) is 0. The number of esters is 2. The smallest absolute Gasteiger partial charge is 0.306 e. The number of allylic oxidation sites excluding steroid dienone is 2. The molecule has 0 aromatic carbocycles. The van der Waals surface area contributed by atoms with Crippen LogP contribution in [0.1, 0.15) is 271 Å².